The molecule has 5 saturated carbocycles. The summed E-state index contributed by atoms with van der Waals surface area (Å²) in [5.74, 6) is 1.76. The summed E-state index contributed by atoms with van der Waals surface area (Å²) in [5, 5.41) is 12.7. The van der Waals surface area contributed by atoms with Crippen LogP contribution in [-0.2, 0) is 23.9 Å². The van der Waals surface area contributed by atoms with E-state index in [0.717, 1.165) is 77.9 Å². The second kappa shape index (κ2) is 14.9. The molecule has 0 aromatic rings. The van der Waals surface area contributed by atoms with Crippen LogP contribution in [0.15, 0.2) is 12.2 Å². The maximum absolute atomic E-state index is 13.7. The Morgan fingerprint density at radius 3 is 2.28 bits per heavy atom. The van der Waals surface area contributed by atoms with Crippen LogP contribution in [0.2, 0.25) is 0 Å². The van der Waals surface area contributed by atoms with Gasteiger partial charge in [0.1, 0.15) is 6.10 Å². The van der Waals surface area contributed by atoms with E-state index in [1.165, 1.54) is 37.7 Å². The minimum atomic E-state index is -0.881. The SMILES string of the molecule is C=C(C)[C@@H]1CC[C@]2(CC(=O)NCCCN3CCOCC3)CC[C@]3(C)[C@H](CC[C@@H]4[C@@]5(C)CC[C@H](OC(=O)CC(C)(C)CC(=O)O)C(C)(C)[C@@H]5CC[C@]43C)[C@@H]12. The Morgan fingerprint density at radius 1 is 0.887 bits per heavy atom. The first-order valence-electron chi connectivity index (χ1n) is 21.4. The second-order valence-electron chi connectivity index (χ2n) is 21.1. The fraction of sp³-hybridized carbons (Fsp3) is 0.889. The summed E-state index contributed by atoms with van der Waals surface area (Å²) in [6.45, 7) is 28.5. The second-order valence-corrected chi connectivity index (χ2v) is 21.1. The van der Waals surface area contributed by atoms with E-state index in [1.54, 1.807) is 0 Å². The topological polar surface area (TPSA) is 105 Å². The van der Waals surface area contributed by atoms with Crippen LogP contribution in [0.4, 0.5) is 0 Å². The molecule has 6 rings (SSSR count). The van der Waals surface area contributed by atoms with Gasteiger partial charge >= 0.3 is 11.9 Å². The van der Waals surface area contributed by atoms with E-state index in [0.29, 0.717) is 36.0 Å². The van der Waals surface area contributed by atoms with Crippen molar-refractivity contribution in [2.45, 2.75) is 151 Å². The summed E-state index contributed by atoms with van der Waals surface area (Å²) in [6.07, 6.45) is 12.9. The number of carboxylic acid groups (broad SMARTS) is 1. The molecule has 1 aliphatic heterocycles. The standard InChI is InChI=1S/C45H74N2O6/c1-30(2)31-13-18-45(27-36(48)46-21-10-22-47-23-25-52-26-24-47)20-19-43(8)32(39(31)45)11-12-34-42(7)16-15-35(41(5,6)33(42)14-17-44(34,43)9)53-38(51)29-40(3,4)28-37(49)50/h31-35,39H,1,10-29H2,2-9H3,(H,46,48)(H,49,50)/t31-,32+,33-,34+,35-,39+,42-,43+,44+,45+/m0/s1. The molecule has 10 atom stereocenters. The van der Waals surface area contributed by atoms with Crippen LogP contribution in [0.5, 0.6) is 0 Å². The number of ether oxygens (including phenoxy) is 2. The molecular formula is C45H74N2O6. The summed E-state index contributed by atoms with van der Waals surface area (Å²) in [6, 6.07) is 0. The van der Waals surface area contributed by atoms with Crippen molar-refractivity contribution in [1.29, 1.82) is 0 Å². The summed E-state index contributed by atoms with van der Waals surface area (Å²) in [5.41, 5.74) is 1.16. The van der Waals surface area contributed by atoms with Gasteiger partial charge in [-0.3, -0.25) is 19.3 Å². The molecule has 6 fully saturated rings. The number of nitrogens with one attached hydrogen (secondary N) is 1. The number of morpholine rings is 1. The lowest BCUT2D eigenvalue weighted by atomic mass is 9.32. The molecule has 53 heavy (non-hydrogen) atoms. The van der Waals surface area contributed by atoms with Crippen molar-refractivity contribution in [3.05, 3.63) is 12.2 Å². The predicted molar refractivity (Wildman–Crippen MR) is 209 cm³/mol. The lowest BCUT2D eigenvalue weighted by molar-refractivity contribution is -0.250. The number of carbonyl (C=O) groups excluding carboxylic acids is 2. The molecule has 2 N–H and O–H groups in total. The molecule has 0 aromatic carbocycles. The van der Waals surface area contributed by atoms with E-state index in [-0.39, 0.29) is 57.9 Å². The van der Waals surface area contributed by atoms with Gasteiger partial charge in [0.05, 0.1) is 26.1 Å². The quantitative estimate of drug-likeness (QED) is 0.117. The monoisotopic (exact) mass is 739 g/mol. The lowest BCUT2D eigenvalue weighted by Gasteiger charge is -2.73. The number of amides is 1. The van der Waals surface area contributed by atoms with Crippen LogP contribution in [0.1, 0.15) is 145 Å². The summed E-state index contributed by atoms with van der Waals surface area (Å²) in [4.78, 5) is 40.8. The van der Waals surface area contributed by atoms with Crippen LogP contribution in [-0.4, -0.2) is 73.3 Å². The Hall–Kier alpha value is -1.93. The highest BCUT2D eigenvalue weighted by atomic mass is 16.5. The van der Waals surface area contributed by atoms with Gasteiger partial charge in [-0.25, -0.2) is 0 Å². The predicted octanol–water partition coefficient (Wildman–Crippen LogP) is 8.68. The summed E-state index contributed by atoms with van der Waals surface area (Å²) in [7, 11) is 0. The third-order valence-corrected chi connectivity index (χ3v) is 17.3. The first-order chi connectivity index (χ1) is 24.8. The molecule has 0 radical (unpaired) electrons. The Kier molecular flexibility index (Phi) is 11.4. The number of hydrogen-bond donors (Lipinski definition) is 2. The van der Waals surface area contributed by atoms with E-state index < -0.39 is 11.4 Å². The number of aliphatic carboxylic acids is 1. The highest BCUT2D eigenvalue weighted by molar-refractivity contribution is 5.77. The summed E-state index contributed by atoms with van der Waals surface area (Å²) >= 11 is 0. The van der Waals surface area contributed by atoms with Gasteiger partial charge in [-0.05, 0) is 141 Å². The zero-order valence-electron chi connectivity index (χ0n) is 34.7. The summed E-state index contributed by atoms with van der Waals surface area (Å²) < 4.78 is 11.8. The number of carbonyl (C=O) groups is 3. The molecule has 1 heterocycles. The first kappa shape index (κ1) is 40.7. The molecule has 300 valence electrons. The molecule has 0 aromatic heterocycles. The van der Waals surface area contributed by atoms with Gasteiger partial charge in [0.25, 0.3) is 0 Å². The van der Waals surface area contributed by atoms with Crippen molar-refractivity contribution in [3.8, 4) is 0 Å². The number of nitrogens with zero attached hydrogens (tertiary/aromatic N) is 1. The van der Waals surface area contributed by atoms with Gasteiger partial charge < -0.3 is 19.9 Å². The van der Waals surface area contributed by atoms with E-state index in [4.69, 9.17) is 9.47 Å². The van der Waals surface area contributed by atoms with Crippen LogP contribution in [0.25, 0.3) is 0 Å². The molecule has 8 nitrogen and oxygen atoms in total. The minimum Gasteiger partial charge on any atom is -0.481 e. The van der Waals surface area contributed by atoms with Crippen LogP contribution in [0, 0.1) is 62.1 Å². The number of hydrogen-bond acceptors (Lipinski definition) is 6. The van der Waals surface area contributed by atoms with Crippen molar-refractivity contribution in [3.63, 3.8) is 0 Å². The lowest BCUT2D eigenvalue weighted by Crippen LogP contribution is -2.67. The van der Waals surface area contributed by atoms with E-state index in [1.807, 2.05) is 13.8 Å². The van der Waals surface area contributed by atoms with E-state index >= 15 is 0 Å². The Balaban J connectivity index is 1.16. The number of fused-ring (bicyclic) bond motifs is 7. The Labute approximate surface area is 321 Å². The minimum absolute atomic E-state index is 0.0467. The first-order valence-corrected chi connectivity index (χ1v) is 21.4. The molecule has 1 amide bonds. The highest BCUT2D eigenvalue weighted by Gasteiger charge is 2.71. The zero-order valence-corrected chi connectivity index (χ0v) is 34.7. The molecule has 0 bridgehead atoms. The molecule has 5 aliphatic carbocycles. The number of esters is 1. The maximum Gasteiger partial charge on any atom is 0.306 e. The number of allylic oxidation sites excluding steroid dienone is 1. The normalized spacial score (nSPS) is 40.9. The third kappa shape index (κ3) is 7.40. The fourth-order valence-electron chi connectivity index (χ4n) is 14.6. The third-order valence-electron chi connectivity index (χ3n) is 17.3. The average Bonchev–Trinajstić information content (AvgIpc) is 3.44. The number of rotatable bonds is 12. The van der Waals surface area contributed by atoms with Crippen LogP contribution < -0.4 is 5.32 Å². The molecule has 1 saturated heterocycles. The van der Waals surface area contributed by atoms with Crippen molar-refractivity contribution in [2.75, 3.05) is 39.4 Å². The average molecular weight is 739 g/mol. The van der Waals surface area contributed by atoms with E-state index in [2.05, 4.69) is 58.3 Å². The van der Waals surface area contributed by atoms with Gasteiger partial charge in [-0.15, -0.1) is 0 Å². The highest BCUT2D eigenvalue weighted by Crippen LogP contribution is 2.78. The Bertz CT molecular complexity index is 1400. The maximum atomic E-state index is 13.7. The molecular weight excluding hydrogens is 665 g/mol. The molecule has 6 aliphatic rings. The van der Waals surface area contributed by atoms with Crippen LogP contribution in [0.3, 0.4) is 0 Å². The van der Waals surface area contributed by atoms with Crippen molar-refractivity contribution >= 4 is 17.8 Å². The van der Waals surface area contributed by atoms with Gasteiger partial charge in [0, 0.05) is 31.5 Å². The van der Waals surface area contributed by atoms with Gasteiger partial charge in [0.15, 0.2) is 0 Å². The number of carboxylic acids is 1. The molecule has 0 unspecified atom stereocenters. The van der Waals surface area contributed by atoms with Gasteiger partial charge in [-0.1, -0.05) is 60.6 Å². The van der Waals surface area contributed by atoms with Crippen molar-refractivity contribution in [2.24, 2.45) is 62.1 Å². The zero-order chi connectivity index (χ0) is 38.6. The van der Waals surface area contributed by atoms with Gasteiger partial charge in [0.2, 0.25) is 5.91 Å². The fourth-order valence-corrected chi connectivity index (χ4v) is 14.6. The van der Waals surface area contributed by atoms with Gasteiger partial charge in [-0.2, -0.15) is 0 Å². The van der Waals surface area contributed by atoms with Crippen LogP contribution >= 0.6 is 0 Å². The smallest absolute Gasteiger partial charge is 0.306 e. The molecule has 8 heteroatoms. The Morgan fingerprint density at radius 2 is 1.60 bits per heavy atom. The van der Waals surface area contributed by atoms with E-state index in [9.17, 15) is 19.5 Å². The van der Waals surface area contributed by atoms with Crippen molar-refractivity contribution < 1.29 is 29.0 Å². The largest absolute Gasteiger partial charge is 0.481 e. The molecule has 0 spiro atoms. The van der Waals surface area contributed by atoms with Crippen molar-refractivity contribution in [1.82, 2.24) is 10.2 Å².